The molecule has 0 saturated carbocycles. The number of diazo groups is 1. The molecule has 0 heterocycles. The van der Waals surface area contributed by atoms with E-state index in [0.717, 1.165) is 6.07 Å². The standard InChI is InChI=1S/C9H10N2O7S2/c1-17-9-3-2-7(6-8(9)11-10)19(12,13)5-4-18-20(14,15)16/h2-3,6H,4-5H2,1H3/p+1. The fraction of sp³-hybridized carbons (Fsp3) is 0.333. The van der Waals surface area contributed by atoms with Crippen molar-refractivity contribution in [3.8, 4) is 5.75 Å². The second kappa shape index (κ2) is 6.14. The van der Waals surface area contributed by atoms with Crippen LogP contribution in [0.1, 0.15) is 0 Å². The molecule has 1 atom stereocenters. The van der Waals surface area contributed by atoms with Gasteiger partial charge in [-0.1, -0.05) is 0 Å². The number of nitrogens with zero attached hydrogens (tertiary/aromatic N) is 2. The first kappa shape index (κ1) is 16.3. The van der Waals surface area contributed by atoms with Crippen molar-refractivity contribution in [1.29, 1.82) is 5.39 Å². The van der Waals surface area contributed by atoms with Gasteiger partial charge >= 0.3 is 15.5 Å². The van der Waals surface area contributed by atoms with Crippen molar-refractivity contribution in [3.05, 3.63) is 23.2 Å². The third-order valence-electron chi connectivity index (χ3n) is 2.21. The Balaban J connectivity index is 2.96. The summed E-state index contributed by atoms with van der Waals surface area (Å²) in [5.74, 6) is -0.420. The van der Waals surface area contributed by atoms with Gasteiger partial charge in [0.15, 0.2) is 4.98 Å². The van der Waals surface area contributed by atoms with Crippen LogP contribution in [0, 0.1) is 5.39 Å². The average Bonchev–Trinajstić information content (AvgIpc) is 2.36. The Morgan fingerprint density at radius 3 is 2.55 bits per heavy atom. The monoisotopic (exact) mass is 323 g/mol. The minimum absolute atomic E-state index is 0.0656. The Kier molecular flexibility index (Phi) is 5.01. The second-order valence-corrected chi connectivity index (χ2v) is 6.72. The first-order valence-electron chi connectivity index (χ1n) is 5.07. The van der Waals surface area contributed by atoms with Gasteiger partial charge in [0.25, 0.3) is 0 Å². The summed E-state index contributed by atoms with van der Waals surface area (Å²) in [5.41, 5.74) is -0.0656. The van der Waals surface area contributed by atoms with Crippen LogP contribution >= 0.6 is 0 Å². The molecule has 0 saturated heterocycles. The van der Waals surface area contributed by atoms with Crippen molar-refractivity contribution in [3.63, 3.8) is 0 Å². The van der Waals surface area contributed by atoms with Gasteiger partial charge in [-0.3, -0.25) is 4.18 Å². The highest BCUT2D eigenvalue weighted by molar-refractivity contribution is 7.91. The summed E-state index contributed by atoms with van der Waals surface area (Å²) in [7, 11) is -7.24. The molecule has 110 valence electrons. The van der Waals surface area contributed by atoms with Crippen LogP contribution in [-0.2, 0) is 24.4 Å². The molecule has 0 aliphatic carbocycles. The van der Waals surface area contributed by atoms with Crippen LogP contribution in [0.2, 0.25) is 0 Å². The van der Waals surface area contributed by atoms with Crippen LogP contribution in [0.25, 0.3) is 4.98 Å². The summed E-state index contributed by atoms with van der Waals surface area (Å²) < 4.78 is 61.1. The number of hydrogen-bond acceptors (Lipinski definition) is 7. The minimum Gasteiger partial charge on any atom is -0.726 e. The van der Waals surface area contributed by atoms with Crippen LogP contribution in [0.4, 0.5) is 5.69 Å². The van der Waals surface area contributed by atoms with Crippen LogP contribution in [0.15, 0.2) is 23.1 Å². The lowest BCUT2D eigenvalue weighted by atomic mass is 10.3. The molecular weight excluding hydrogens is 312 g/mol. The Bertz CT molecular complexity index is 734. The molecule has 0 spiro atoms. The third-order valence-corrected chi connectivity index (χ3v) is 4.38. The van der Waals surface area contributed by atoms with Gasteiger partial charge in [-0.2, -0.15) is 4.21 Å². The Hall–Kier alpha value is -1.74. The second-order valence-electron chi connectivity index (χ2n) is 3.51. The highest BCUT2D eigenvalue weighted by atomic mass is 32.3. The van der Waals surface area contributed by atoms with Gasteiger partial charge in [0, 0.05) is 0 Å². The van der Waals surface area contributed by atoms with Crippen LogP contribution in [0.3, 0.4) is 0 Å². The maximum absolute atomic E-state index is 12.0. The summed E-state index contributed by atoms with van der Waals surface area (Å²) in [5, 5.41) is 8.75. The summed E-state index contributed by atoms with van der Waals surface area (Å²) in [6.07, 6.45) is 0. The number of benzene rings is 1. The zero-order chi connectivity index (χ0) is 15.4. The molecule has 1 N–H and O–H groups in total. The predicted molar refractivity (Wildman–Crippen MR) is 66.6 cm³/mol. The van der Waals surface area contributed by atoms with Gasteiger partial charge in [0.1, 0.15) is 10.6 Å². The van der Waals surface area contributed by atoms with E-state index in [2.05, 4.69) is 9.16 Å². The van der Waals surface area contributed by atoms with Gasteiger partial charge in [-0.25, -0.2) is 12.6 Å². The molecule has 0 aliphatic rings. The van der Waals surface area contributed by atoms with E-state index in [1.165, 1.54) is 19.2 Å². The maximum atomic E-state index is 12.0. The average molecular weight is 323 g/mol. The molecule has 0 bridgehead atoms. The van der Waals surface area contributed by atoms with E-state index in [9.17, 15) is 21.4 Å². The summed E-state index contributed by atoms with van der Waals surface area (Å²) in [6.45, 7) is -0.737. The predicted octanol–water partition coefficient (Wildman–Crippen LogP) is 0.587. The smallest absolute Gasteiger partial charge is 0.427 e. The Morgan fingerprint density at radius 1 is 1.40 bits per heavy atom. The highest BCUT2D eigenvalue weighted by Crippen LogP contribution is 2.30. The van der Waals surface area contributed by atoms with Crippen molar-refractivity contribution in [2.45, 2.75) is 4.90 Å². The number of rotatable bonds is 6. The van der Waals surface area contributed by atoms with Crippen molar-refractivity contribution in [2.24, 2.45) is 0 Å². The number of ether oxygens (including phenoxy) is 1. The molecule has 11 heteroatoms. The van der Waals surface area contributed by atoms with Crippen molar-refractivity contribution in [2.75, 3.05) is 19.5 Å². The Labute approximate surface area is 115 Å². The lowest BCUT2D eigenvalue weighted by molar-refractivity contribution is 0.276. The number of hydrogen-bond donors (Lipinski definition) is 0. The minimum atomic E-state index is -4.92. The van der Waals surface area contributed by atoms with Crippen molar-refractivity contribution < 1.29 is 30.3 Å². The first-order chi connectivity index (χ1) is 9.19. The third kappa shape index (κ3) is 4.42. The maximum Gasteiger partial charge on any atom is 0.427 e. The molecule has 0 aromatic heterocycles. The van der Waals surface area contributed by atoms with E-state index >= 15 is 0 Å². The van der Waals surface area contributed by atoms with Crippen LogP contribution in [0.5, 0.6) is 5.75 Å². The van der Waals surface area contributed by atoms with Crippen LogP contribution < -0.4 is 4.74 Å². The molecule has 1 unspecified atom stereocenters. The summed E-state index contributed by atoms with van der Waals surface area (Å²) in [6, 6.07) is 3.67. The summed E-state index contributed by atoms with van der Waals surface area (Å²) in [4.78, 5) is 2.78. The van der Waals surface area contributed by atoms with E-state index in [4.69, 9.17) is 10.1 Å². The molecule has 1 aromatic rings. The molecule has 0 radical (unpaired) electrons. The molecule has 1 rings (SSSR count). The lowest BCUT2D eigenvalue weighted by Gasteiger charge is -2.06. The SMILES string of the molecule is COc1ccc(S(=O)(=[OH+])CCOS(=O)(=O)[O-])cc1[N+]#N. The fourth-order valence-corrected chi connectivity index (χ4v) is 2.83. The first-order valence-corrected chi connectivity index (χ1v) is 8.09. The van der Waals surface area contributed by atoms with Crippen molar-refractivity contribution >= 4 is 25.9 Å². The molecule has 0 amide bonds. The highest BCUT2D eigenvalue weighted by Gasteiger charge is 2.26. The quantitative estimate of drug-likeness (QED) is 0.322. The van der Waals surface area contributed by atoms with Gasteiger partial charge in [0.05, 0.1) is 19.8 Å². The molecule has 1 aromatic carbocycles. The van der Waals surface area contributed by atoms with Crippen molar-refractivity contribution in [1.82, 2.24) is 0 Å². The van der Waals surface area contributed by atoms with Gasteiger partial charge in [-0.05, 0) is 12.1 Å². The zero-order valence-electron chi connectivity index (χ0n) is 10.3. The normalized spacial score (nSPS) is 14.2. The summed E-state index contributed by atoms with van der Waals surface area (Å²) >= 11 is 0. The molecule has 0 aliphatic heterocycles. The van der Waals surface area contributed by atoms with E-state index in [-0.39, 0.29) is 16.3 Å². The van der Waals surface area contributed by atoms with Gasteiger partial charge < -0.3 is 9.29 Å². The largest absolute Gasteiger partial charge is 0.726 e. The van der Waals surface area contributed by atoms with E-state index in [1.54, 1.807) is 0 Å². The topological polar surface area (TPSA) is 142 Å². The van der Waals surface area contributed by atoms with E-state index < -0.39 is 32.6 Å². The molecule has 0 fully saturated rings. The zero-order valence-corrected chi connectivity index (χ0v) is 11.9. The molecular formula is C9H11N2O7S2+. The molecule has 9 nitrogen and oxygen atoms in total. The molecule has 20 heavy (non-hydrogen) atoms. The van der Waals surface area contributed by atoms with E-state index in [1.807, 2.05) is 0 Å². The van der Waals surface area contributed by atoms with Crippen LogP contribution in [-0.4, -0.2) is 40.9 Å². The fourth-order valence-electron chi connectivity index (χ4n) is 1.31. The van der Waals surface area contributed by atoms with E-state index in [0.29, 0.717) is 0 Å². The lowest BCUT2D eigenvalue weighted by Crippen LogP contribution is -2.15. The van der Waals surface area contributed by atoms with Gasteiger partial charge in [-0.15, -0.1) is 0 Å². The van der Waals surface area contributed by atoms with Gasteiger partial charge in [0.2, 0.25) is 21.5 Å². The number of methoxy groups -OCH3 is 1. The Morgan fingerprint density at radius 2 is 2.05 bits per heavy atom.